The molecule has 0 aromatic heterocycles. The number of nitrogens with zero attached hydrogens (tertiary/aromatic N) is 1. The Bertz CT molecular complexity index is 528. The average molecular weight is 350 g/mol. The molecule has 22 heavy (non-hydrogen) atoms. The van der Waals surface area contributed by atoms with Gasteiger partial charge in [-0.05, 0) is 38.1 Å². The van der Waals surface area contributed by atoms with Crippen LogP contribution in [0.5, 0.6) is 0 Å². The molecule has 2 rings (SSSR count). The van der Waals surface area contributed by atoms with E-state index in [0.29, 0.717) is 6.42 Å². The number of rotatable bonds is 4. The summed E-state index contributed by atoms with van der Waals surface area (Å²) in [5, 5.41) is 3.12. The zero-order valence-electron chi connectivity index (χ0n) is 12.7. The second-order valence-corrected chi connectivity index (χ2v) is 6.15. The predicted molar refractivity (Wildman–Crippen MR) is 88.8 cm³/mol. The molecule has 1 aromatic rings. The third-order valence-corrected chi connectivity index (χ3v) is 4.09. The second kappa shape index (κ2) is 8.11. The van der Waals surface area contributed by atoms with Crippen molar-refractivity contribution in [2.75, 3.05) is 13.6 Å². The van der Waals surface area contributed by atoms with E-state index in [1.807, 2.05) is 13.1 Å². The molecule has 3 N–H and O–H groups in total. The molecule has 1 amide bonds. The Hall–Kier alpha value is -0.880. The highest BCUT2D eigenvalue weighted by atomic mass is 35.5. The molecule has 0 spiro atoms. The molecule has 3 unspecified atom stereocenters. The fourth-order valence-corrected chi connectivity index (χ4v) is 2.96. The van der Waals surface area contributed by atoms with Gasteiger partial charge in [-0.3, -0.25) is 9.69 Å². The Morgan fingerprint density at radius 2 is 2.27 bits per heavy atom. The van der Waals surface area contributed by atoms with Crippen molar-refractivity contribution in [3.63, 3.8) is 0 Å². The van der Waals surface area contributed by atoms with E-state index < -0.39 is 5.82 Å². The standard InChI is InChI=1S/C15H21ClFN3O.ClH/c1-9(18)7-14(21)19-13-5-6-20(2)15(13)10-3-4-11(16)12(17)8-10;/h3-4,8-9,13,15H,5-7,18H2,1-2H3,(H,19,21);1H. The van der Waals surface area contributed by atoms with Gasteiger partial charge in [-0.15, -0.1) is 12.4 Å². The van der Waals surface area contributed by atoms with Gasteiger partial charge >= 0.3 is 0 Å². The molecule has 1 saturated heterocycles. The summed E-state index contributed by atoms with van der Waals surface area (Å²) in [7, 11) is 1.97. The van der Waals surface area contributed by atoms with Crippen LogP contribution in [0.2, 0.25) is 5.02 Å². The van der Waals surface area contributed by atoms with Crippen molar-refractivity contribution >= 4 is 29.9 Å². The van der Waals surface area contributed by atoms with Gasteiger partial charge in [0.1, 0.15) is 5.82 Å². The van der Waals surface area contributed by atoms with Crippen LogP contribution in [0.1, 0.15) is 31.4 Å². The molecular formula is C15H22Cl2FN3O. The molecule has 0 aliphatic carbocycles. The van der Waals surface area contributed by atoms with Gasteiger partial charge in [-0.1, -0.05) is 17.7 Å². The molecule has 3 atom stereocenters. The summed E-state index contributed by atoms with van der Waals surface area (Å²) in [4.78, 5) is 14.0. The quantitative estimate of drug-likeness (QED) is 0.877. The second-order valence-electron chi connectivity index (χ2n) is 5.74. The highest BCUT2D eigenvalue weighted by Gasteiger charge is 2.34. The molecule has 1 heterocycles. The third kappa shape index (κ3) is 4.56. The summed E-state index contributed by atoms with van der Waals surface area (Å²) in [5.74, 6) is -0.500. The zero-order valence-corrected chi connectivity index (χ0v) is 14.3. The van der Waals surface area contributed by atoms with E-state index in [9.17, 15) is 9.18 Å². The first-order valence-corrected chi connectivity index (χ1v) is 7.46. The lowest BCUT2D eigenvalue weighted by Gasteiger charge is -2.26. The Morgan fingerprint density at radius 3 is 2.86 bits per heavy atom. The zero-order chi connectivity index (χ0) is 15.6. The molecule has 0 bridgehead atoms. The Morgan fingerprint density at radius 1 is 1.59 bits per heavy atom. The van der Waals surface area contributed by atoms with Crippen LogP contribution in [-0.2, 0) is 4.79 Å². The smallest absolute Gasteiger partial charge is 0.221 e. The van der Waals surface area contributed by atoms with Crippen molar-refractivity contribution in [2.45, 2.75) is 37.9 Å². The Balaban J connectivity index is 0.00000242. The minimum absolute atomic E-state index is 0. The van der Waals surface area contributed by atoms with E-state index in [2.05, 4.69) is 10.2 Å². The van der Waals surface area contributed by atoms with Gasteiger partial charge in [0.05, 0.1) is 11.1 Å². The van der Waals surface area contributed by atoms with Crippen LogP contribution in [0.25, 0.3) is 0 Å². The van der Waals surface area contributed by atoms with Crippen LogP contribution in [-0.4, -0.2) is 36.5 Å². The van der Waals surface area contributed by atoms with Crippen LogP contribution < -0.4 is 11.1 Å². The van der Waals surface area contributed by atoms with E-state index in [1.165, 1.54) is 6.07 Å². The molecular weight excluding hydrogens is 328 g/mol. The number of carbonyl (C=O) groups excluding carboxylic acids is 1. The summed E-state index contributed by atoms with van der Waals surface area (Å²) in [6, 6.07) is 4.55. The van der Waals surface area contributed by atoms with Gasteiger partial charge in [-0.2, -0.15) is 0 Å². The Labute approximate surface area is 141 Å². The molecule has 1 fully saturated rings. The predicted octanol–water partition coefficient (Wildman–Crippen LogP) is 2.50. The SMILES string of the molecule is CC(N)CC(=O)NC1CCN(C)C1c1ccc(Cl)c(F)c1.Cl. The lowest BCUT2D eigenvalue weighted by Crippen LogP contribution is -2.40. The van der Waals surface area contributed by atoms with Crippen molar-refractivity contribution in [2.24, 2.45) is 5.73 Å². The summed E-state index contributed by atoms with van der Waals surface area (Å²) < 4.78 is 13.7. The first kappa shape index (κ1) is 19.2. The fraction of sp³-hybridized carbons (Fsp3) is 0.533. The van der Waals surface area contributed by atoms with Crippen LogP contribution in [0.15, 0.2) is 18.2 Å². The monoisotopic (exact) mass is 349 g/mol. The molecule has 1 aromatic carbocycles. The number of nitrogens with one attached hydrogen (secondary N) is 1. The largest absolute Gasteiger partial charge is 0.351 e. The number of hydrogen-bond donors (Lipinski definition) is 2. The average Bonchev–Trinajstić information content (AvgIpc) is 2.73. The number of hydrogen-bond acceptors (Lipinski definition) is 3. The van der Waals surface area contributed by atoms with E-state index >= 15 is 0 Å². The third-order valence-electron chi connectivity index (χ3n) is 3.79. The maximum absolute atomic E-state index is 13.7. The summed E-state index contributed by atoms with van der Waals surface area (Å²) in [6.45, 7) is 2.64. The summed E-state index contributed by atoms with van der Waals surface area (Å²) in [5.41, 5.74) is 6.46. The number of halogens is 3. The lowest BCUT2D eigenvalue weighted by atomic mass is 9.99. The first-order valence-electron chi connectivity index (χ1n) is 7.08. The number of likely N-dealkylation sites (tertiary alicyclic amines) is 1. The number of nitrogens with two attached hydrogens (primary N) is 1. The molecule has 7 heteroatoms. The number of carbonyl (C=O) groups is 1. The lowest BCUT2D eigenvalue weighted by molar-refractivity contribution is -0.122. The molecule has 1 aliphatic rings. The van der Waals surface area contributed by atoms with E-state index in [-0.39, 0.29) is 41.5 Å². The van der Waals surface area contributed by atoms with Gasteiger partial charge in [-0.25, -0.2) is 4.39 Å². The van der Waals surface area contributed by atoms with Crippen LogP contribution in [0, 0.1) is 5.82 Å². The van der Waals surface area contributed by atoms with Gasteiger partial charge in [0.25, 0.3) is 0 Å². The molecule has 124 valence electrons. The van der Waals surface area contributed by atoms with Gasteiger partial charge < -0.3 is 11.1 Å². The van der Waals surface area contributed by atoms with E-state index in [4.69, 9.17) is 17.3 Å². The molecule has 4 nitrogen and oxygen atoms in total. The van der Waals surface area contributed by atoms with Crippen molar-refractivity contribution in [1.82, 2.24) is 10.2 Å². The van der Waals surface area contributed by atoms with E-state index in [0.717, 1.165) is 18.5 Å². The van der Waals surface area contributed by atoms with Gasteiger partial charge in [0.15, 0.2) is 0 Å². The number of benzene rings is 1. The number of likely N-dealkylation sites (N-methyl/N-ethyl adjacent to an activating group) is 1. The van der Waals surface area contributed by atoms with Crippen LogP contribution in [0.4, 0.5) is 4.39 Å². The number of amides is 1. The van der Waals surface area contributed by atoms with Gasteiger partial charge in [0, 0.05) is 25.0 Å². The van der Waals surface area contributed by atoms with E-state index in [1.54, 1.807) is 13.0 Å². The molecule has 0 saturated carbocycles. The minimum Gasteiger partial charge on any atom is -0.351 e. The van der Waals surface area contributed by atoms with Crippen LogP contribution >= 0.6 is 24.0 Å². The Kier molecular flexibility index (Phi) is 7.06. The molecule has 0 radical (unpaired) electrons. The van der Waals surface area contributed by atoms with Crippen molar-refractivity contribution < 1.29 is 9.18 Å². The van der Waals surface area contributed by atoms with Crippen LogP contribution in [0.3, 0.4) is 0 Å². The highest BCUT2D eigenvalue weighted by molar-refractivity contribution is 6.30. The topological polar surface area (TPSA) is 58.4 Å². The summed E-state index contributed by atoms with van der Waals surface area (Å²) in [6.07, 6.45) is 1.12. The fourth-order valence-electron chi connectivity index (χ4n) is 2.84. The van der Waals surface area contributed by atoms with Crippen molar-refractivity contribution in [1.29, 1.82) is 0 Å². The van der Waals surface area contributed by atoms with Crippen molar-refractivity contribution in [3.8, 4) is 0 Å². The minimum atomic E-state index is -0.435. The first-order chi connectivity index (χ1) is 9.88. The van der Waals surface area contributed by atoms with Gasteiger partial charge in [0.2, 0.25) is 5.91 Å². The normalized spacial score (nSPS) is 23.0. The maximum Gasteiger partial charge on any atom is 0.221 e. The maximum atomic E-state index is 13.7. The summed E-state index contributed by atoms with van der Waals surface area (Å²) >= 11 is 5.73. The highest BCUT2D eigenvalue weighted by Crippen LogP contribution is 2.32. The molecule has 1 aliphatic heterocycles. The van der Waals surface area contributed by atoms with Crippen molar-refractivity contribution in [3.05, 3.63) is 34.6 Å².